The summed E-state index contributed by atoms with van der Waals surface area (Å²) in [5.74, 6) is 1.14. The number of sulfonamides is 1. The van der Waals surface area contributed by atoms with Gasteiger partial charge in [-0.25, -0.2) is 28.3 Å². The predicted molar refractivity (Wildman–Crippen MR) is 122 cm³/mol. The van der Waals surface area contributed by atoms with E-state index in [1.807, 2.05) is 25.7 Å². The summed E-state index contributed by atoms with van der Waals surface area (Å²) < 4.78 is 34.8. The molecule has 2 aliphatic heterocycles. The normalized spacial score (nSPS) is 17.1. The van der Waals surface area contributed by atoms with E-state index < -0.39 is 15.6 Å². The number of ether oxygens (including phenoxy) is 2. The van der Waals surface area contributed by atoms with Gasteiger partial charge in [-0.3, -0.25) is 0 Å². The van der Waals surface area contributed by atoms with Crippen molar-refractivity contribution in [3.05, 3.63) is 36.2 Å². The Balaban J connectivity index is 1.40. The van der Waals surface area contributed by atoms with Crippen LogP contribution in [0, 0.1) is 0 Å². The van der Waals surface area contributed by atoms with Crippen LogP contribution in [-0.4, -0.2) is 60.7 Å². The number of nitrogens with zero attached hydrogens (tertiary/aromatic N) is 4. The lowest BCUT2D eigenvalue weighted by atomic mass is 10.1. The number of carbonyl (C=O) groups excluding carboxylic acids is 1. The van der Waals surface area contributed by atoms with E-state index in [1.54, 1.807) is 23.1 Å². The van der Waals surface area contributed by atoms with Gasteiger partial charge in [0.25, 0.3) is 0 Å². The fourth-order valence-electron chi connectivity index (χ4n) is 3.99. The Morgan fingerprint density at radius 1 is 1.12 bits per heavy atom. The Labute approximate surface area is 193 Å². The largest absolute Gasteiger partial charge is 0.474 e. The number of hydrogen-bond donors (Lipinski definition) is 1. The van der Waals surface area contributed by atoms with Gasteiger partial charge in [0.2, 0.25) is 15.9 Å². The number of aromatic nitrogens is 2. The van der Waals surface area contributed by atoms with E-state index in [0.717, 1.165) is 11.3 Å². The molecular weight excluding hydrogens is 446 g/mol. The molecule has 2 aliphatic rings. The zero-order chi connectivity index (χ0) is 23.8. The van der Waals surface area contributed by atoms with Crippen molar-refractivity contribution in [3.8, 4) is 5.88 Å². The van der Waals surface area contributed by atoms with Gasteiger partial charge in [0.1, 0.15) is 23.9 Å². The van der Waals surface area contributed by atoms with Crippen molar-refractivity contribution in [1.82, 2.24) is 14.9 Å². The Kier molecular flexibility index (Phi) is 6.19. The van der Waals surface area contributed by atoms with E-state index in [9.17, 15) is 13.2 Å². The number of fused-ring (bicyclic) bond motifs is 1. The highest BCUT2D eigenvalue weighted by Gasteiger charge is 2.28. The lowest BCUT2D eigenvalue weighted by molar-refractivity contribution is 0.0123. The molecule has 1 amide bonds. The third kappa shape index (κ3) is 5.53. The molecule has 0 aliphatic carbocycles. The molecule has 33 heavy (non-hydrogen) atoms. The highest BCUT2D eigenvalue weighted by atomic mass is 32.2. The summed E-state index contributed by atoms with van der Waals surface area (Å²) in [5.41, 5.74) is 1.27. The van der Waals surface area contributed by atoms with Gasteiger partial charge >= 0.3 is 6.09 Å². The van der Waals surface area contributed by atoms with Gasteiger partial charge in [-0.15, -0.1) is 0 Å². The minimum atomic E-state index is -3.74. The fraction of sp³-hybridized carbons (Fsp3) is 0.500. The average molecular weight is 476 g/mol. The lowest BCUT2D eigenvalue weighted by Crippen LogP contribution is -2.44. The zero-order valence-corrected chi connectivity index (χ0v) is 19.8. The number of hydrogen-bond acceptors (Lipinski definition) is 8. The molecule has 2 N–H and O–H groups in total. The summed E-state index contributed by atoms with van der Waals surface area (Å²) in [7, 11) is -3.74. The van der Waals surface area contributed by atoms with Gasteiger partial charge < -0.3 is 19.3 Å². The van der Waals surface area contributed by atoms with Crippen molar-refractivity contribution in [1.29, 1.82) is 0 Å². The average Bonchev–Trinajstić information content (AvgIpc) is 3.16. The molecule has 1 aromatic heterocycles. The van der Waals surface area contributed by atoms with Gasteiger partial charge in [0.15, 0.2) is 0 Å². The number of likely N-dealkylation sites (tertiary alicyclic amines) is 1. The van der Waals surface area contributed by atoms with Gasteiger partial charge in [-0.05, 0) is 51.0 Å². The van der Waals surface area contributed by atoms with Gasteiger partial charge in [0, 0.05) is 44.2 Å². The second-order valence-corrected chi connectivity index (χ2v) is 10.8. The highest BCUT2D eigenvalue weighted by Crippen LogP contribution is 2.35. The first kappa shape index (κ1) is 23.2. The molecule has 2 aromatic rings. The second-order valence-electron chi connectivity index (χ2n) is 9.24. The van der Waals surface area contributed by atoms with Gasteiger partial charge in [-0.2, -0.15) is 0 Å². The molecule has 0 radical (unpaired) electrons. The van der Waals surface area contributed by atoms with Crippen LogP contribution < -0.4 is 14.8 Å². The number of carbonyl (C=O) groups is 1. The first-order valence-corrected chi connectivity index (χ1v) is 12.4. The minimum Gasteiger partial charge on any atom is -0.474 e. The van der Waals surface area contributed by atoms with Crippen LogP contribution in [0.15, 0.2) is 35.5 Å². The van der Waals surface area contributed by atoms with Crippen molar-refractivity contribution >= 4 is 27.6 Å². The maximum Gasteiger partial charge on any atom is 0.410 e. The number of amides is 1. The van der Waals surface area contributed by atoms with E-state index in [1.165, 1.54) is 12.4 Å². The summed E-state index contributed by atoms with van der Waals surface area (Å²) in [5, 5.41) is 5.25. The van der Waals surface area contributed by atoms with Crippen molar-refractivity contribution in [2.24, 2.45) is 5.14 Å². The number of primary sulfonamides is 1. The molecule has 0 atom stereocenters. The third-order valence-electron chi connectivity index (χ3n) is 5.56. The number of piperidine rings is 1. The fourth-order valence-corrected chi connectivity index (χ4v) is 4.55. The Morgan fingerprint density at radius 3 is 2.52 bits per heavy atom. The highest BCUT2D eigenvalue weighted by molar-refractivity contribution is 7.89. The van der Waals surface area contributed by atoms with Crippen LogP contribution in [0.1, 0.15) is 39.2 Å². The number of nitrogens with two attached hydrogens (primary N) is 1. The Morgan fingerprint density at radius 2 is 1.85 bits per heavy atom. The van der Waals surface area contributed by atoms with Crippen LogP contribution >= 0.6 is 0 Å². The molecule has 3 heterocycles. The molecule has 10 nitrogen and oxygen atoms in total. The molecule has 0 unspecified atom stereocenters. The predicted octanol–water partition coefficient (Wildman–Crippen LogP) is 2.60. The standard InChI is InChI=1S/C22H29N5O5S/c1-22(2,3)32-21(28)26-9-7-16(8-10-26)31-20-13-19(24-14-25-20)27-11-6-15-12-17(33(23,29)30)4-5-18(15)27/h4-5,12-14,16H,6-11H2,1-3H3,(H2,23,29,30). The number of benzene rings is 1. The van der Waals surface area contributed by atoms with Crippen molar-refractivity contribution in [3.63, 3.8) is 0 Å². The van der Waals surface area contributed by atoms with E-state index in [-0.39, 0.29) is 17.1 Å². The topological polar surface area (TPSA) is 128 Å². The molecule has 178 valence electrons. The third-order valence-corrected chi connectivity index (χ3v) is 6.47. The van der Waals surface area contributed by atoms with Crippen molar-refractivity contribution in [2.75, 3.05) is 24.5 Å². The second kappa shape index (κ2) is 8.79. The molecule has 4 rings (SSSR count). The Hall–Kier alpha value is -2.92. The summed E-state index contributed by atoms with van der Waals surface area (Å²) in [6.07, 6.45) is 3.14. The van der Waals surface area contributed by atoms with E-state index >= 15 is 0 Å². The van der Waals surface area contributed by atoms with Crippen molar-refractivity contribution < 1.29 is 22.7 Å². The van der Waals surface area contributed by atoms with Crippen LogP contribution in [0.25, 0.3) is 0 Å². The maximum absolute atomic E-state index is 12.2. The van der Waals surface area contributed by atoms with Gasteiger partial charge in [0.05, 0.1) is 4.90 Å². The molecular formula is C22H29N5O5S. The van der Waals surface area contributed by atoms with Gasteiger partial charge in [-0.1, -0.05) is 0 Å². The van der Waals surface area contributed by atoms with Crippen LogP contribution in [-0.2, 0) is 21.2 Å². The first-order valence-electron chi connectivity index (χ1n) is 10.9. The maximum atomic E-state index is 12.2. The van der Waals surface area contributed by atoms with E-state index in [4.69, 9.17) is 14.6 Å². The lowest BCUT2D eigenvalue weighted by Gasteiger charge is -2.33. The molecule has 1 aromatic carbocycles. The summed E-state index contributed by atoms with van der Waals surface area (Å²) >= 11 is 0. The molecule has 0 bridgehead atoms. The minimum absolute atomic E-state index is 0.0605. The molecule has 1 fully saturated rings. The van der Waals surface area contributed by atoms with E-state index in [0.29, 0.717) is 50.6 Å². The van der Waals surface area contributed by atoms with E-state index in [2.05, 4.69) is 9.97 Å². The Bertz CT molecular complexity index is 1140. The van der Waals surface area contributed by atoms with Crippen LogP contribution in [0.3, 0.4) is 0 Å². The zero-order valence-electron chi connectivity index (χ0n) is 19.0. The molecule has 0 spiro atoms. The summed E-state index contributed by atoms with van der Waals surface area (Å²) in [6, 6.07) is 6.64. The molecule has 1 saturated heterocycles. The van der Waals surface area contributed by atoms with Crippen molar-refractivity contribution in [2.45, 2.75) is 56.6 Å². The SMILES string of the molecule is CC(C)(C)OC(=O)N1CCC(Oc2cc(N3CCc4cc(S(N)(=O)=O)ccc43)ncn2)CC1. The number of rotatable bonds is 4. The van der Waals surface area contributed by atoms with Crippen LogP contribution in [0.4, 0.5) is 16.3 Å². The first-order chi connectivity index (χ1) is 15.5. The molecule has 11 heteroatoms. The molecule has 0 saturated carbocycles. The van der Waals surface area contributed by atoms with Crippen LogP contribution in [0.2, 0.25) is 0 Å². The monoisotopic (exact) mass is 475 g/mol. The summed E-state index contributed by atoms with van der Waals surface area (Å²) in [4.78, 5) is 24.7. The number of anilines is 2. The van der Waals surface area contributed by atoms with Crippen LogP contribution in [0.5, 0.6) is 5.88 Å². The smallest absolute Gasteiger partial charge is 0.410 e. The summed E-state index contributed by atoms with van der Waals surface area (Å²) in [6.45, 7) is 7.34. The quantitative estimate of drug-likeness (QED) is 0.715.